The lowest BCUT2D eigenvalue weighted by Crippen LogP contribution is -1.95. The lowest BCUT2D eigenvalue weighted by molar-refractivity contribution is 0.173. The minimum absolute atomic E-state index is 0.342. The molecule has 1 aromatic rings. The number of halogens is 1. The van der Waals surface area contributed by atoms with Gasteiger partial charge in [-0.05, 0) is 18.1 Å². The maximum Gasteiger partial charge on any atom is 0.0798 e. The van der Waals surface area contributed by atoms with Gasteiger partial charge >= 0.3 is 0 Å². The zero-order chi connectivity index (χ0) is 8.27. The fourth-order valence-electron chi connectivity index (χ4n) is 0.965. The van der Waals surface area contributed by atoms with Crippen molar-refractivity contribution in [2.75, 3.05) is 0 Å². The fraction of sp³-hybridized carbons (Fsp3) is 0.333. The Bertz CT molecular complexity index is 235. The van der Waals surface area contributed by atoms with E-state index in [1.54, 1.807) is 0 Å². The van der Waals surface area contributed by atoms with Crippen molar-refractivity contribution in [3.63, 3.8) is 0 Å². The Morgan fingerprint density at radius 3 is 2.64 bits per heavy atom. The molecule has 0 bridgehead atoms. The summed E-state index contributed by atoms with van der Waals surface area (Å²) in [6, 6.07) is 7.74. The summed E-state index contributed by atoms with van der Waals surface area (Å²) in [5.41, 5.74) is 0.968. The third-order valence-corrected chi connectivity index (χ3v) is 2.37. The van der Waals surface area contributed by atoms with Gasteiger partial charge in [-0.3, -0.25) is 0 Å². The quantitative estimate of drug-likeness (QED) is 0.804. The van der Waals surface area contributed by atoms with Crippen LogP contribution in [0.5, 0.6) is 0 Å². The summed E-state index contributed by atoms with van der Waals surface area (Å²) in [5, 5.41) is 9.48. The number of hydrogen-bond donors (Lipinski definition) is 1. The van der Waals surface area contributed by atoms with Crippen LogP contribution in [-0.2, 0) is 0 Å². The smallest absolute Gasteiger partial charge is 0.0798 e. The van der Waals surface area contributed by atoms with Crippen LogP contribution in [0.2, 0.25) is 0 Å². The van der Waals surface area contributed by atoms with Crippen LogP contribution in [0.1, 0.15) is 25.0 Å². The lowest BCUT2D eigenvalue weighted by Gasteiger charge is -2.09. The van der Waals surface area contributed by atoms with E-state index < -0.39 is 0 Å². The second-order valence-electron chi connectivity index (χ2n) is 2.45. The standard InChI is InChI=1S/C9H11BrO/c1-2-9(11)7-5-3-4-6-8(7)10/h3-6,9,11H,2H2,1H3. The van der Waals surface area contributed by atoms with E-state index in [0.717, 1.165) is 16.5 Å². The first kappa shape index (κ1) is 8.75. The first-order chi connectivity index (χ1) is 5.25. The molecule has 1 atom stereocenters. The van der Waals surface area contributed by atoms with Crippen LogP contribution in [0.25, 0.3) is 0 Å². The average molecular weight is 215 g/mol. The molecule has 0 radical (unpaired) electrons. The number of hydrogen-bond acceptors (Lipinski definition) is 1. The van der Waals surface area contributed by atoms with Crippen molar-refractivity contribution < 1.29 is 5.11 Å². The van der Waals surface area contributed by atoms with Gasteiger partial charge < -0.3 is 5.11 Å². The van der Waals surface area contributed by atoms with Crippen LogP contribution in [0, 0.1) is 0 Å². The Balaban J connectivity index is 2.93. The van der Waals surface area contributed by atoms with E-state index in [4.69, 9.17) is 0 Å². The highest BCUT2D eigenvalue weighted by Gasteiger charge is 2.06. The lowest BCUT2D eigenvalue weighted by atomic mass is 10.1. The topological polar surface area (TPSA) is 20.2 Å². The summed E-state index contributed by atoms with van der Waals surface area (Å²) in [5.74, 6) is 0. The minimum Gasteiger partial charge on any atom is -0.388 e. The van der Waals surface area contributed by atoms with E-state index >= 15 is 0 Å². The predicted octanol–water partition coefficient (Wildman–Crippen LogP) is 2.89. The highest BCUT2D eigenvalue weighted by molar-refractivity contribution is 9.10. The molecular formula is C9H11BrO. The molecule has 0 amide bonds. The molecule has 0 saturated heterocycles. The molecule has 1 unspecified atom stereocenters. The third-order valence-electron chi connectivity index (χ3n) is 1.65. The molecule has 0 aliphatic carbocycles. The van der Waals surface area contributed by atoms with E-state index in [-0.39, 0.29) is 6.10 Å². The fourth-order valence-corrected chi connectivity index (χ4v) is 1.51. The molecule has 2 heteroatoms. The minimum atomic E-state index is -0.342. The number of aliphatic hydroxyl groups excluding tert-OH is 1. The van der Waals surface area contributed by atoms with Crippen molar-refractivity contribution in [3.8, 4) is 0 Å². The van der Waals surface area contributed by atoms with Crippen molar-refractivity contribution in [1.82, 2.24) is 0 Å². The van der Waals surface area contributed by atoms with Crippen molar-refractivity contribution in [1.29, 1.82) is 0 Å². The van der Waals surface area contributed by atoms with Gasteiger partial charge in [0.2, 0.25) is 0 Å². The summed E-state index contributed by atoms with van der Waals surface area (Å²) < 4.78 is 0.981. The molecule has 0 heterocycles. The van der Waals surface area contributed by atoms with Crippen LogP contribution >= 0.6 is 15.9 Å². The van der Waals surface area contributed by atoms with E-state index in [2.05, 4.69) is 15.9 Å². The normalized spacial score (nSPS) is 13.0. The van der Waals surface area contributed by atoms with Crippen LogP contribution in [0.15, 0.2) is 28.7 Å². The molecule has 0 aliphatic rings. The van der Waals surface area contributed by atoms with Gasteiger partial charge in [0.25, 0.3) is 0 Å². The molecule has 0 spiro atoms. The van der Waals surface area contributed by atoms with Crippen LogP contribution in [0.3, 0.4) is 0 Å². The Morgan fingerprint density at radius 1 is 1.45 bits per heavy atom. The van der Waals surface area contributed by atoms with E-state index in [1.165, 1.54) is 0 Å². The monoisotopic (exact) mass is 214 g/mol. The first-order valence-corrected chi connectivity index (χ1v) is 4.47. The third kappa shape index (κ3) is 2.04. The maximum atomic E-state index is 9.48. The van der Waals surface area contributed by atoms with Crippen LogP contribution in [0.4, 0.5) is 0 Å². The molecule has 11 heavy (non-hydrogen) atoms. The molecular weight excluding hydrogens is 204 g/mol. The number of rotatable bonds is 2. The molecule has 0 aliphatic heterocycles. The first-order valence-electron chi connectivity index (χ1n) is 3.68. The summed E-state index contributed by atoms with van der Waals surface area (Å²) in [6.45, 7) is 1.96. The van der Waals surface area contributed by atoms with E-state index in [0.29, 0.717) is 0 Å². The Labute approximate surface area is 75.2 Å². The predicted molar refractivity (Wildman–Crippen MR) is 49.4 cm³/mol. The Kier molecular flexibility index (Phi) is 3.09. The summed E-state index contributed by atoms with van der Waals surface area (Å²) in [4.78, 5) is 0. The van der Waals surface area contributed by atoms with Gasteiger partial charge in [0, 0.05) is 4.47 Å². The SMILES string of the molecule is CCC(O)c1ccccc1Br. The van der Waals surface area contributed by atoms with Crippen molar-refractivity contribution in [2.24, 2.45) is 0 Å². The van der Waals surface area contributed by atoms with Crippen LogP contribution < -0.4 is 0 Å². The number of benzene rings is 1. The van der Waals surface area contributed by atoms with Gasteiger partial charge in [0.05, 0.1) is 6.10 Å². The van der Waals surface area contributed by atoms with Crippen molar-refractivity contribution in [2.45, 2.75) is 19.4 Å². The molecule has 0 aromatic heterocycles. The summed E-state index contributed by atoms with van der Waals surface area (Å²) in [6.07, 6.45) is 0.411. The highest BCUT2D eigenvalue weighted by atomic mass is 79.9. The molecule has 1 aromatic carbocycles. The van der Waals surface area contributed by atoms with E-state index in [9.17, 15) is 5.11 Å². The Hall–Kier alpha value is -0.340. The van der Waals surface area contributed by atoms with Gasteiger partial charge in [-0.15, -0.1) is 0 Å². The zero-order valence-corrected chi connectivity index (χ0v) is 8.01. The van der Waals surface area contributed by atoms with Crippen molar-refractivity contribution in [3.05, 3.63) is 34.3 Å². The van der Waals surface area contributed by atoms with Gasteiger partial charge in [-0.25, -0.2) is 0 Å². The average Bonchev–Trinajstić information content (AvgIpc) is 2.04. The summed E-state index contributed by atoms with van der Waals surface area (Å²) >= 11 is 3.38. The van der Waals surface area contributed by atoms with Gasteiger partial charge in [0.15, 0.2) is 0 Å². The maximum absolute atomic E-state index is 9.48. The van der Waals surface area contributed by atoms with E-state index in [1.807, 2.05) is 31.2 Å². The summed E-state index contributed by atoms with van der Waals surface area (Å²) in [7, 11) is 0. The number of aliphatic hydroxyl groups is 1. The second-order valence-corrected chi connectivity index (χ2v) is 3.30. The zero-order valence-electron chi connectivity index (χ0n) is 6.42. The second kappa shape index (κ2) is 3.88. The van der Waals surface area contributed by atoms with Gasteiger partial charge in [-0.2, -0.15) is 0 Å². The largest absolute Gasteiger partial charge is 0.388 e. The molecule has 1 nitrogen and oxygen atoms in total. The van der Waals surface area contributed by atoms with Gasteiger partial charge in [0.1, 0.15) is 0 Å². The highest BCUT2D eigenvalue weighted by Crippen LogP contribution is 2.24. The Morgan fingerprint density at radius 2 is 2.09 bits per heavy atom. The van der Waals surface area contributed by atoms with Crippen molar-refractivity contribution >= 4 is 15.9 Å². The van der Waals surface area contributed by atoms with Gasteiger partial charge in [-0.1, -0.05) is 41.1 Å². The molecule has 1 N–H and O–H groups in total. The molecule has 0 saturated carbocycles. The molecule has 0 fully saturated rings. The molecule has 60 valence electrons. The van der Waals surface area contributed by atoms with Crippen LogP contribution in [-0.4, -0.2) is 5.11 Å². The molecule has 1 rings (SSSR count).